The van der Waals surface area contributed by atoms with Crippen molar-refractivity contribution in [3.8, 4) is 11.8 Å². The van der Waals surface area contributed by atoms with Crippen molar-refractivity contribution in [1.82, 2.24) is 0 Å². The van der Waals surface area contributed by atoms with Gasteiger partial charge in [0.25, 0.3) is 0 Å². The maximum atomic E-state index is 10.6. The first-order chi connectivity index (χ1) is 5.02. The van der Waals surface area contributed by atoms with E-state index in [-0.39, 0.29) is 0 Å². The monoisotopic (exact) mass is 178 g/mol. The van der Waals surface area contributed by atoms with Crippen molar-refractivity contribution in [3.63, 3.8) is 0 Å². The fourth-order valence-corrected chi connectivity index (χ4v) is 0.924. The summed E-state index contributed by atoms with van der Waals surface area (Å²) in [7, 11) is -2.81. The van der Waals surface area contributed by atoms with Gasteiger partial charge in [0.05, 0.1) is 7.11 Å². The Hall–Kier alpha value is -0.570. The summed E-state index contributed by atoms with van der Waals surface area (Å²) in [5.74, 6) is 5.02. The first kappa shape index (κ1) is 10.4. The second kappa shape index (κ2) is 4.34. The maximum Gasteiger partial charge on any atom is 0.400 e. The fraction of sp³-hybridized carbons (Fsp3) is 0.667. The predicted octanol–water partition coefficient (Wildman–Crippen LogP) is 0.306. The molecule has 1 unspecified atom stereocenters. The van der Waals surface area contributed by atoms with Crippen LogP contribution < -0.4 is 0 Å². The first-order valence-electron chi connectivity index (χ1n) is 2.93. The quantitative estimate of drug-likeness (QED) is 0.583. The second-order valence-corrected chi connectivity index (χ2v) is 3.05. The smallest absolute Gasteiger partial charge is 0.252 e. The number of hydrogen-bond donors (Lipinski definition) is 0. The molecule has 0 aliphatic heterocycles. The zero-order valence-electron chi connectivity index (χ0n) is 6.62. The summed E-state index contributed by atoms with van der Waals surface area (Å²) in [5.41, 5.74) is 0. The van der Waals surface area contributed by atoms with Crippen LogP contribution >= 0.6 is 0 Å². The molecule has 0 aliphatic carbocycles. The molecule has 0 amide bonds. The number of hydrogen-bond acceptors (Lipinski definition) is 4. The van der Waals surface area contributed by atoms with Crippen molar-refractivity contribution in [2.24, 2.45) is 0 Å². The molecule has 0 saturated heterocycles. The van der Waals surface area contributed by atoms with E-state index in [9.17, 15) is 8.42 Å². The lowest BCUT2D eigenvalue weighted by Crippen LogP contribution is -2.14. The third kappa shape index (κ3) is 4.79. The zero-order chi connectivity index (χ0) is 8.91. The SMILES string of the molecule is CC#CC(C)OS(=O)(=O)OC. The Morgan fingerprint density at radius 1 is 1.45 bits per heavy atom. The van der Waals surface area contributed by atoms with E-state index >= 15 is 0 Å². The van der Waals surface area contributed by atoms with Crippen molar-refractivity contribution in [2.45, 2.75) is 20.0 Å². The Kier molecular flexibility index (Phi) is 4.11. The van der Waals surface area contributed by atoms with Crippen molar-refractivity contribution in [3.05, 3.63) is 0 Å². The van der Waals surface area contributed by atoms with Crippen molar-refractivity contribution >= 4 is 10.4 Å². The van der Waals surface area contributed by atoms with Crippen molar-refractivity contribution in [1.29, 1.82) is 0 Å². The topological polar surface area (TPSA) is 52.6 Å². The standard InChI is InChI=1S/C6H10O4S/c1-4-5-6(2)10-11(7,8)9-3/h6H,1-3H3. The van der Waals surface area contributed by atoms with Gasteiger partial charge in [-0.25, -0.2) is 4.18 Å². The van der Waals surface area contributed by atoms with Gasteiger partial charge in [0, 0.05) is 0 Å². The van der Waals surface area contributed by atoms with Crippen LogP contribution in [0.2, 0.25) is 0 Å². The van der Waals surface area contributed by atoms with Gasteiger partial charge in [-0.3, -0.25) is 4.18 Å². The largest absolute Gasteiger partial charge is 0.400 e. The minimum absolute atomic E-state index is 0.662. The van der Waals surface area contributed by atoms with Crippen LogP contribution in [0.4, 0.5) is 0 Å². The lowest BCUT2D eigenvalue weighted by molar-refractivity contribution is 0.220. The summed E-state index contributed by atoms with van der Waals surface area (Å²) in [6.07, 6.45) is -0.662. The van der Waals surface area contributed by atoms with Crippen LogP contribution in [0.1, 0.15) is 13.8 Å². The molecule has 0 heterocycles. The van der Waals surface area contributed by atoms with E-state index in [0.29, 0.717) is 0 Å². The predicted molar refractivity (Wildman–Crippen MR) is 39.9 cm³/mol. The third-order valence-corrected chi connectivity index (χ3v) is 1.75. The van der Waals surface area contributed by atoms with Crippen LogP contribution in [0.5, 0.6) is 0 Å². The van der Waals surface area contributed by atoms with E-state index in [1.165, 1.54) is 6.92 Å². The third-order valence-electron chi connectivity index (χ3n) is 0.814. The van der Waals surface area contributed by atoms with Crippen LogP contribution in [-0.2, 0) is 18.8 Å². The summed E-state index contributed by atoms with van der Waals surface area (Å²) in [5, 5.41) is 0. The molecular formula is C6H10O4S. The summed E-state index contributed by atoms with van der Waals surface area (Å²) in [6.45, 7) is 3.12. The van der Waals surface area contributed by atoms with Gasteiger partial charge in [-0.15, -0.1) is 5.92 Å². The van der Waals surface area contributed by atoms with E-state index in [0.717, 1.165) is 7.11 Å². The van der Waals surface area contributed by atoms with E-state index in [4.69, 9.17) is 0 Å². The van der Waals surface area contributed by atoms with E-state index in [2.05, 4.69) is 20.2 Å². The van der Waals surface area contributed by atoms with E-state index < -0.39 is 16.5 Å². The average Bonchev–Trinajstić information content (AvgIpc) is 1.87. The van der Waals surface area contributed by atoms with Crippen molar-refractivity contribution in [2.75, 3.05) is 7.11 Å². The van der Waals surface area contributed by atoms with E-state index in [1.54, 1.807) is 6.92 Å². The Bertz CT molecular complexity index is 256. The average molecular weight is 178 g/mol. The van der Waals surface area contributed by atoms with Crippen LogP contribution in [0.25, 0.3) is 0 Å². The Morgan fingerprint density at radius 2 is 2.00 bits per heavy atom. The Morgan fingerprint density at radius 3 is 2.36 bits per heavy atom. The number of rotatable bonds is 3. The summed E-state index contributed by atoms with van der Waals surface area (Å²) >= 11 is 0. The molecule has 5 heteroatoms. The van der Waals surface area contributed by atoms with Gasteiger partial charge in [-0.2, -0.15) is 8.42 Å². The van der Waals surface area contributed by atoms with Gasteiger partial charge in [-0.1, -0.05) is 5.92 Å². The molecule has 11 heavy (non-hydrogen) atoms. The van der Waals surface area contributed by atoms with Crippen LogP contribution in [0.15, 0.2) is 0 Å². The normalized spacial score (nSPS) is 13.4. The molecule has 0 bridgehead atoms. The molecule has 0 fully saturated rings. The fourth-order valence-electron chi connectivity index (χ4n) is 0.443. The molecule has 0 rings (SSSR count). The van der Waals surface area contributed by atoms with E-state index in [1.807, 2.05) is 0 Å². The van der Waals surface area contributed by atoms with Gasteiger partial charge in [0.1, 0.15) is 6.10 Å². The van der Waals surface area contributed by atoms with Crippen molar-refractivity contribution < 1.29 is 16.8 Å². The first-order valence-corrected chi connectivity index (χ1v) is 4.26. The minimum Gasteiger partial charge on any atom is -0.252 e. The highest BCUT2D eigenvalue weighted by Gasteiger charge is 2.12. The highest BCUT2D eigenvalue weighted by atomic mass is 32.3. The molecule has 0 saturated carbocycles. The summed E-state index contributed by atoms with van der Waals surface area (Å²) < 4.78 is 29.6. The van der Waals surface area contributed by atoms with Gasteiger partial charge < -0.3 is 0 Å². The zero-order valence-corrected chi connectivity index (χ0v) is 7.44. The molecule has 0 aliphatic rings. The summed E-state index contributed by atoms with van der Waals surface area (Å²) in [4.78, 5) is 0. The Balaban J connectivity index is 4.12. The lowest BCUT2D eigenvalue weighted by Gasteiger charge is -2.03. The molecule has 0 aromatic rings. The van der Waals surface area contributed by atoms with Gasteiger partial charge in [0.2, 0.25) is 0 Å². The molecule has 64 valence electrons. The maximum absolute atomic E-state index is 10.6. The second-order valence-electron chi connectivity index (χ2n) is 1.71. The minimum atomic E-state index is -3.84. The molecular weight excluding hydrogens is 168 g/mol. The van der Waals surface area contributed by atoms with Crippen LogP contribution in [0, 0.1) is 11.8 Å². The van der Waals surface area contributed by atoms with Crippen LogP contribution in [0.3, 0.4) is 0 Å². The molecule has 0 spiro atoms. The molecule has 0 N–H and O–H groups in total. The highest BCUT2D eigenvalue weighted by molar-refractivity contribution is 7.81. The highest BCUT2D eigenvalue weighted by Crippen LogP contribution is 1.98. The Labute approximate surface area is 66.8 Å². The lowest BCUT2D eigenvalue weighted by atomic mass is 10.4. The molecule has 1 atom stereocenters. The molecule has 0 radical (unpaired) electrons. The van der Waals surface area contributed by atoms with Gasteiger partial charge in [-0.05, 0) is 13.8 Å². The van der Waals surface area contributed by atoms with Gasteiger partial charge in [0.15, 0.2) is 0 Å². The van der Waals surface area contributed by atoms with Gasteiger partial charge >= 0.3 is 10.4 Å². The molecule has 0 aromatic heterocycles. The summed E-state index contributed by atoms with van der Waals surface area (Å²) in [6, 6.07) is 0. The van der Waals surface area contributed by atoms with Crippen LogP contribution in [-0.4, -0.2) is 21.6 Å². The molecule has 4 nitrogen and oxygen atoms in total. The molecule has 0 aromatic carbocycles.